The SMILES string of the molecule is O=C(NCCCC[C@H](O)COc1cccc2[nH]ncc12)N1CCOCC1. The summed E-state index contributed by atoms with van der Waals surface area (Å²) in [6.45, 7) is 3.34. The van der Waals surface area contributed by atoms with Gasteiger partial charge in [-0.15, -0.1) is 0 Å². The maximum absolute atomic E-state index is 11.9. The van der Waals surface area contributed by atoms with Crippen LogP contribution in [0.3, 0.4) is 0 Å². The van der Waals surface area contributed by atoms with Gasteiger partial charge in [0.15, 0.2) is 0 Å². The summed E-state index contributed by atoms with van der Waals surface area (Å²) in [5.41, 5.74) is 0.910. The number of H-pyrrole nitrogens is 1. The third kappa shape index (κ3) is 5.09. The Hall–Kier alpha value is -2.32. The summed E-state index contributed by atoms with van der Waals surface area (Å²) < 4.78 is 10.9. The topological polar surface area (TPSA) is 99.7 Å². The van der Waals surface area contributed by atoms with Crippen LogP contribution in [0.15, 0.2) is 24.4 Å². The lowest BCUT2D eigenvalue weighted by atomic mass is 10.1. The molecule has 142 valence electrons. The van der Waals surface area contributed by atoms with Crippen molar-refractivity contribution in [2.45, 2.75) is 25.4 Å². The Morgan fingerprint density at radius 3 is 3.08 bits per heavy atom. The van der Waals surface area contributed by atoms with E-state index in [2.05, 4.69) is 15.5 Å². The summed E-state index contributed by atoms with van der Waals surface area (Å²) in [6.07, 6.45) is 3.46. The highest BCUT2D eigenvalue weighted by atomic mass is 16.5. The van der Waals surface area contributed by atoms with Crippen LogP contribution < -0.4 is 10.1 Å². The molecule has 0 spiro atoms. The first-order valence-electron chi connectivity index (χ1n) is 9.07. The Morgan fingerprint density at radius 2 is 2.23 bits per heavy atom. The van der Waals surface area contributed by atoms with E-state index in [4.69, 9.17) is 9.47 Å². The second kappa shape index (κ2) is 9.40. The molecule has 0 radical (unpaired) electrons. The number of aliphatic hydroxyl groups is 1. The number of ether oxygens (including phenoxy) is 2. The van der Waals surface area contributed by atoms with E-state index < -0.39 is 6.10 Å². The first-order valence-corrected chi connectivity index (χ1v) is 9.07. The van der Waals surface area contributed by atoms with Gasteiger partial charge in [0.2, 0.25) is 0 Å². The third-order valence-corrected chi connectivity index (χ3v) is 4.41. The average molecular weight is 362 g/mol. The number of morpholine rings is 1. The standard InChI is InChI=1S/C18H26N4O4/c23-14(13-26-17-6-3-5-16-15(17)12-20-21-16)4-1-2-7-19-18(24)22-8-10-25-11-9-22/h3,5-6,12,14,23H,1-2,4,7-11,13H2,(H,19,24)(H,20,21)/t14-/m0/s1. The van der Waals surface area contributed by atoms with Gasteiger partial charge >= 0.3 is 6.03 Å². The number of unbranched alkanes of at least 4 members (excludes halogenated alkanes) is 1. The van der Waals surface area contributed by atoms with E-state index in [9.17, 15) is 9.90 Å². The van der Waals surface area contributed by atoms with E-state index in [0.29, 0.717) is 45.0 Å². The summed E-state index contributed by atoms with van der Waals surface area (Å²) >= 11 is 0. The largest absolute Gasteiger partial charge is 0.490 e. The maximum Gasteiger partial charge on any atom is 0.317 e. The molecule has 1 atom stereocenters. The van der Waals surface area contributed by atoms with Crippen molar-refractivity contribution in [3.63, 3.8) is 0 Å². The first-order chi connectivity index (χ1) is 12.7. The summed E-state index contributed by atoms with van der Waals surface area (Å²) in [7, 11) is 0. The fraction of sp³-hybridized carbons (Fsp3) is 0.556. The van der Waals surface area contributed by atoms with E-state index in [1.165, 1.54) is 0 Å². The van der Waals surface area contributed by atoms with Gasteiger partial charge in [0, 0.05) is 19.6 Å². The molecule has 1 aliphatic heterocycles. The van der Waals surface area contributed by atoms with Crippen LogP contribution in [-0.4, -0.2) is 71.8 Å². The molecular formula is C18H26N4O4. The number of nitrogens with one attached hydrogen (secondary N) is 2. The van der Waals surface area contributed by atoms with Crippen LogP contribution in [0.25, 0.3) is 10.9 Å². The number of aromatic amines is 1. The zero-order valence-corrected chi connectivity index (χ0v) is 14.8. The van der Waals surface area contributed by atoms with E-state index in [1.807, 2.05) is 18.2 Å². The van der Waals surface area contributed by atoms with Crippen LogP contribution >= 0.6 is 0 Å². The molecule has 2 amide bonds. The molecule has 0 bridgehead atoms. The molecule has 0 aliphatic carbocycles. The van der Waals surface area contributed by atoms with E-state index in [0.717, 1.165) is 23.7 Å². The number of urea groups is 1. The minimum absolute atomic E-state index is 0.0367. The number of fused-ring (bicyclic) bond motifs is 1. The second-order valence-electron chi connectivity index (χ2n) is 6.38. The van der Waals surface area contributed by atoms with Crippen LogP contribution in [0, 0.1) is 0 Å². The first kappa shape index (κ1) is 18.5. The molecule has 3 rings (SSSR count). The van der Waals surface area contributed by atoms with Gasteiger partial charge in [-0.3, -0.25) is 5.10 Å². The highest BCUT2D eigenvalue weighted by Crippen LogP contribution is 2.23. The number of carbonyl (C=O) groups is 1. The minimum atomic E-state index is -0.535. The smallest absolute Gasteiger partial charge is 0.317 e. The van der Waals surface area contributed by atoms with Crippen LogP contribution in [-0.2, 0) is 4.74 Å². The minimum Gasteiger partial charge on any atom is -0.490 e. The molecule has 1 fully saturated rings. The summed E-state index contributed by atoms with van der Waals surface area (Å²) in [4.78, 5) is 13.7. The van der Waals surface area contributed by atoms with Crippen LogP contribution in [0.1, 0.15) is 19.3 Å². The molecule has 1 saturated heterocycles. The Bertz CT molecular complexity index is 699. The van der Waals surface area contributed by atoms with Crippen molar-refractivity contribution in [3.05, 3.63) is 24.4 Å². The molecule has 1 aromatic carbocycles. The maximum atomic E-state index is 11.9. The van der Waals surface area contributed by atoms with Crippen molar-refractivity contribution in [2.75, 3.05) is 39.5 Å². The number of nitrogens with zero attached hydrogens (tertiary/aromatic N) is 2. The van der Waals surface area contributed by atoms with Crippen molar-refractivity contribution in [1.29, 1.82) is 0 Å². The van der Waals surface area contributed by atoms with Crippen molar-refractivity contribution in [2.24, 2.45) is 0 Å². The van der Waals surface area contributed by atoms with Crippen LogP contribution in [0.4, 0.5) is 4.79 Å². The van der Waals surface area contributed by atoms with E-state index in [1.54, 1.807) is 11.1 Å². The summed E-state index contributed by atoms with van der Waals surface area (Å²) in [5.74, 6) is 0.716. The van der Waals surface area contributed by atoms with Gasteiger partial charge in [-0.05, 0) is 31.4 Å². The van der Waals surface area contributed by atoms with Crippen LogP contribution in [0.5, 0.6) is 5.75 Å². The third-order valence-electron chi connectivity index (χ3n) is 4.41. The lowest BCUT2D eigenvalue weighted by molar-refractivity contribution is 0.0532. The van der Waals surface area contributed by atoms with Crippen molar-refractivity contribution in [3.8, 4) is 5.75 Å². The van der Waals surface area contributed by atoms with E-state index >= 15 is 0 Å². The predicted octanol–water partition coefficient (Wildman–Crippen LogP) is 1.51. The summed E-state index contributed by atoms with van der Waals surface area (Å²) in [6, 6.07) is 5.65. The lowest BCUT2D eigenvalue weighted by Crippen LogP contribution is -2.46. The Balaban J connectivity index is 1.29. The summed E-state index contributed by atoms with van der Waals surface area (Å²) in [5, 5.41) is 20.8. The molecule has 1 aromatic heterocycles. The molecule has 2 aromatic rings. The van der Waals surface area contributed by atoms with Gasteiger partial charge in [-0.2, -0.15) is 5.10 Å². The van der Waals surface area contributed by atoms with Crippen molar-refractivity contribution >= 4 is 16.9 Å². The Morgan fingerprint density at radius 1 is 1.38 bits per heavy atom. The molecule has 0 saturated carbocycles. The van der Waals surface area contributed by atoms with Crippen molar-refractivity contribution < 1.29 is 19.4 Å². The van der Waals surface area contributed by atoms with Gasteiger partial charge in [0.05, 0.1) is 36.4 Å². The normalized spacial score (nSPS) is 15.8. The number of benzene rings is 1. The van der Waals surface area contributed by atoms with Gasteiger partial charge in [-0.25, -0.2) is 4.79 Å². The fourth-order valence-corrected chi connectivity index (χ4v) is 2.91. The number of carbonyl (C=O) groups excluding carboxylic acids is 1. The number of rotatable bonds is 8. The van der Waals surface area contributed by atoms with E-state index in [-0.39, 0.29) is 12.6 Å². The highest BCUT2D eigenvalue weighted by molar-refractivity contribution is 5.84. The second-order valence-corrected chi connectivity index (χ2v) is 6.38. The molecular weight excluding hydrogens is 336 g/mol. The molecule has 8 heteroatoms. The Kier molecular flexibility index (Phi) is 6.68. The Labute approximate surface area is 152 Å². The number of hydrogen-bond donors (Lipinski definition) is 3. The quantitative estimate of drug-likeness (QED) is 0.618. The number of aliphatic hydroxyl groups excluding tert-OH is 1. The van der Waals surface area contributed by atoms with Gasteiger partial charge in [0.1, 0.15) is 12.4 Å². The van der Waals surface area contributed by atoms with Gasteiger partial charge in [0.25, 0.3) is 0 Å². The number of hydrogen-bond acceptors (Lipinski definition) is 5. The number of aromatic nitrogens is 2. The zero-order chi connectivity index (χ0) is 18.2. The monoisotopic (exact) mass is 362 g/mol. The molecule has 0 unspecified atom stereocenters. The van der Waals surface area contributed by atoms with Gasteiger partial charge < -0.3 is 24.8 Å². The zero-order valence-electron chi connectivity index (χ0n) is 14.8. The fourth-order valence-electron chi connectivity index (χ4n) is 2.91. The molecule has 26 heavy (non-hydrogen) atoms. The predicted molar refractivity (Wildman–Crippen MR) is 97.2 cm³/mol. The van der Waals surface area contributed by atoms with Crippen molar-refractivity contribution in [1.82, 2.24) is 20.4 Å². The van der Waals surface area contributed by atoms with Crippen LogP contribution in [0.2, 0.25) is 0 Å². The highest BCUT2D eigenvalue weighted by Gasteiger charge is 2.15. The molecule has 3 N–H and O–H groups in total. The molecule has 1 aliphatic rings. The molecule has 2 heterocycles. The molecule has 8 nitrogen and oxygen atoms in total. The number of amides is 2. The lowest BCUT2D eigenvalue weighted by Gasteiger charge is -2.26. The average Bonchev–Trinajstić information content (AvgIpc) is 3.16. The van der Waals surface area contributed by atoms with Gasteiger partial charge in [-0.1, -0.05) is 6.07 Å².